The van der Waals surface area contributed by atoms with Crippen LogP contribution in [0.25, 0.3) is 0 Å². The average molecular weight is 940 g/mol. The van der Waals surface area contributed by atoms with Crippen LogP contribution in [0, 0.1) is 0 Å². The van der Waals surface area contributed by atoms with Crippen LogP contribution in [-0.4, -0.2) is 37.2 Å². The second-order valence-corrected chi connectivity index (χ2v) is 19.5. The minimum absolute atomic E-state index is 0.0708. The molecule has 0 aliphatic rings. The number of ether oxygens (including phenoxy) is 3. The highest BCUT2D eigenvalue weighted by atomic mass is 16.6. The zero-order valence-corrected chi connectivity index (χ0v) is 44.7. The van der Waals surface area contributed by atoms with Crippen LogP contribution in [0.4, 0.5) is 0 Å². The molecule has 0 radical (unpaired) electrons. The molecule has 1 atom stereocenters. The van der Waals surface area contributed by atoms with Gasteiger partial charge in [0.2, 0.25) is 0 Å². The molecule has 0 bridgehead atoms. The van der Waals surface area contributed by atoms with Gasteiger partial charge in [-0.1, -0.05) is 275 Å². The average Bonchev–Trinajstić information content (AvgIpc) is 3.33. The molecule has 0 rings (SSSR count). The van der Waals surface area contributed by atoms with Crippen molar-refractivity contribution in [2.45, 2.75) is 309 Å². The lowest BCUT2D eigenvalue weighted by molar-refractivity contribution is -0.167. The van der Waals surface area contributed by atoms with Crippen LogP contribution in [0.5, 0.6) is 0 Å². The van der Waals surface area contributed by atoms with Crippen molar-refractivity contribution in [1.82, 2.24) is 0 Å². The van der Waals surface area contributed by atoms with E-state index >= 15 is 0 Å². The van der Waals surface area contributed by atoms with Gasteiger partial charge in [-0.2, -0.15) is 0 Å². The van der Waals surface area contributed by atoms with Crippen molar-refractivity contribution >= 4 is 17.9 Å². The normalized spacial score (nSPS) is 12.3. The Kier molecular flexibility index (Phi) is 53.8. The van der Waals surface area contributed by atoms with Crippen molar-refractivity contribution in [3.05, 3.63) is 48.6 Å². The fourth-order valence-corrected chi connectivity index (χ4v) is 8.49. The number of esters is 3. The molecule has 0 aromatic carbocycles. The first-order chi connectivity index (χ1) is 33.0. The van der Waals surface area contributed by atoms with Crippen LogP contribution in [0.1, 0.15) is 303 Å². The van der Waals surface area contributed by atoms with Gasteiger partial charge in [0.15, 0.2) is 6.10 Å². The second kappa shape index (κ2) is 56.0. The summed E-state index contributed by atoms with van der Waals surface area (Å²) >= 11 is 0. The molecule has 1 unspecified atom stereocenters. The third-order valence-corrected chi connectivity index (χ3v) is 12.8. The van der Waals surface area contributed by atoms with E-state index in [1.165, 1.54) is 173 Å². The van der Waals surface area contributed by atoms with Crippen molar-refractivity contribution < 1.29 is 28.6 Å². The predicted molar refractivity (Wildman–Crippen MR) is 289 cm³/mol. The van der Waals surface area contributed by atoms with Crippen molar-refractivity contribution in [3.63, 3.8) is 0 Å². The Bertz CT molecular complexity index is 1170. The summed E-state index contributed by atoms with van der Waals surface area (Å²) in [6, 6.07) is 0. The smallest absolute Gasteiger partial charge is 0.306 e. The summed E-state index contributed by atoms with van der Waals surface area (Å²) in [4.78, 5) is 38.1. The predicted octanol–water partition coefficient (Wildman–Crippen LogP) is 19.4. The lowest BCUT2D eigenvalue weighted by atomic mass is 10.0. The van der Waals surface area contributed by atoms with E-state index in [2.05, 4.69) is 69.4 Å². The zero-order chi connectivity index (χ0) is 48.6. The SMILES string of the molecule is CC/C=C\C/C=C\C/C=C\C/C=C\CCCCCCCCCCC(=O)OCC(COC(=O)CCCCCCCCCCCCCCC)OC(=O)CCCCCCCCCCCCCCCCC. The lowest BCUT2D eigenvalue weighted by Gasteiger charge is -2.18. The number of rotatable bonds is 53. The topological polar surface area (TPSA) is 78.9 Å². The third-order valence-electron chi connectivity index (χ3n) is 12.8. The van der Waals surface area contributed by atoms with Crippen molar-refractivity contribution in [1.29, 1.82) is 0 Å². The Morgan fingerprint density at radius 2 is 0.582 bits per heavy atom. The van der Waals surface area contributed by atoms with Crippen molar-refractivity contribution in [3.8, 4) is 0 Å². The van der Waals surface area contributed by atoms with Gasteiger partial charge in [0.1, 0.15) is 13.2 Å². The van der Waals surface area contributed by atoms with E-state index in [0.717, 1.165) is 89.9 Å². The highest BCUT2D eigenvalue weighted by Gasteiger charge is 2.19. The maximum Gasteiger partial charge on any atom is 0.306 e. The highest BCUT2D eigenvalue weighted by molar-refractivity contribution is 5.71. The van der Waals surface area contributed by atoms with Gasteiger partial charge in [0.25, 0.3) is 0 Å². The molecule has 0 amide bonds. The van der Waals surface area contributed by atoms with Crippen LogP contribution >= 0.6 is 0 Å². The van der Waals surface area contributed by atoms with Crippen LogP contribution in [-0.2, 0) is 28.6 Å². The van der Waals surface area contributed by atoms with E-state index in [1.54, 1.807) is 0 Å². The molecule has 6 nitrogen and oxygen atoms in total. The first-order valence-corrected chi connectivity index (χ1v) is 29.1. The molecule has 67 heavy (non-hydrogen) atoms. The van der Waals surface area contributed by atoms with Gasteiger partial charge in [-0.25, -0.2) is 0 Å². The van der Waals surface area contributed by atoms with Crippen LogP contribution in [0.3, 0.4) is 0 Å². The monoisotopic (exact) mass is 939 g/mol. The van der Waals surface area contributed by atoms with E-state index in [9.17, 15) is 14.4 Å². The highest BCUT2D eigenvalue weighted by Crippen LogP contribution is 2.17. The molecule has 0 aromatic heterocycles. The number of allylic oxidation sites excluding steroid dienone is 8. The molecule has 0 aromatic rings. The van der Waals surface area contributed by atoms with E-state index in [-0.39, 0.29) is 31.1 Å². The van der Waals surface area contributed by atoms with Gasteiger partial charge in [-0.05, 0) is 57.8 Å². The molecule has 390 valence electrons. The zero-order valence-electron chi connectivity index (χ0n) is 44.7. The summed E-state index contributed by atoms with van der Waals surface area (Å²) in [7, 11) is 0. The van der Waals surface area contributed by atoms with E-state index in [4.69, 9.17) is 14.2 Å². The number of unbranched alkanes of at least 4 members (excludes halogenated alkanes) is 34. The molecule has 0 N–H and O–H groups in total. The van der Waals surface area contributed by atoms with Crippen molar-refractivity contribution in [2.24, 2.45) is 0 Å². The maximum absolute atomic E-state index is 12.8. The molecule has 0 heterocycles. The van der Waals surface area contributed by atoms with Gasteiger partial charge in [0.05, 0.1) is 0 Å². The Labute approximate surface area is 416 Å². The Hall–Kier alpha value is -2.63. The number of hydrogen-bond acceptors (Lipinski definition) is 6. The van der Waals surface area contributed by atoms with Crippen LogP contribution in [0.15, 0.2) is 48.6 Å². The summed E-state index contributed by atoms with van der Waals surface area (Å²) in [5.41, 5.74) is 0. The summed E-state index contributed by atoms with van der Waals surface area (Å²) in [5, 5.41) is 0. The van der Waals surface area contributed by atoms with Gasteiger partial charge in [-0.3, -0.25) is 14.4 Å². The van der Waals surface area contributed by atoms with Crippen LogP contribution < -0.4 is 0 Å². The first-order valence-electron chi connectivity index (χ1n) is 29.1. The van der Waals surface area contributed by atoms with Crippen LogP contribution in [0.2, 0.25) is 0 Å². The summed E-state index contributed by atoms with van der Waals surface area (Å²) < 4.78 is 16.9. The van der Waals surface area contributed by atoms with Gasteiger partial charge in [0, 0.05) is 19.3 Å². The third kappa shape index (κ3) is 54.2. The van der Waals surface area contributed by atoms with Gasteiger partial charge < -0.3 is 14.2 Å². The quantitative estimate of drug-likeness (QED) is 0.0262. The lowest BCUT2D eigenvalue weighted by Crippen LogP contribution is -2.30. The molecule has 0 saturated carbocycles. The standard InChI is InChI=1S/C61H110O6/c1-4-7-10-13-16-19-22-25-27-28-29-30-31-32-34-36-39-42-45-48-51-54-60(63)66-57-58(56-65-59(62)53-50-47-44-41-38-35-24-21-18-15-12-9-6-3)67-61(64)55-52-49-46-43-40-37-33-26-23-20-17-14-11-8-5-2/h7,10,16,19,25,27,29-30,58H,4-6,8-9,11-15,17-18,20-24,26,28,31-57H2,1-3H3/b10-7-,19-16-,27-25-,30-29-. The molecule has 0 fully saturated rings. The molecule has 0 spiro atoms. The molecule has 0 aliphatic heterocycles. The first kappa shape index (κ1) is 64.4. The summed E-state index contributed by atoms with van der Waals surface area (Å²) in [6.45, 7) is 6.56. The second-order valence-electron chi connectivity index (χ2n) is 19.5. The molecule has 6 heteroatoms. The van der Waals surface area contributed by atoms with Gasteiger partial charge in [-0.15, -0.1) is 0 Å². The van der Waals surface area contributed by atoms with E-state index in [1.807, 2.05) is 0 Å². The molecule has 0 aliphatic carbocycles. The van der Waals surface area contributed by atoms with Crippen molar-refractivity contribution in [2.75, 3.05) is 13.2 Å². The maximum atomic E-state index is 12.8. The number of hydrogen-bond donors (Lipinski definition) is 0. The van der Waals surface area contributed by atoms with Gasteiger partial charge >= 0.3 is 17.9 Å². The molecular formula is C61H110O6. The minimum Gasteiger partial charge on any atom is -0.462 e. The fraction of sp³-hybridized carbons (Fsp3) is 0.820. The fourth-order valence-electron chi connectivity index (χ4n) is 8.49. The number of carbonyl (C=O) groups is 3. The van der Waals surface area contributed by atoms with E-state index < -0.39 is 6.10 Å². The number of carbonyl (C=O) groups excluding carboxylic acids is 3. The minimum atomic E-state index is -0.772. The molecular weight excluding hydrogens is 829 g/mol. The molecule has 0 saturated heterocycles. The van der Waals surface area contributed by atoms with E-state index in [0.29, 0.717) is 19.3 Å². The summed E-state index contributed by atoms with van der Waals surface area (Å²) in [6.07, 6.45) is 68.1. The Balaban J connectivity index is 4.32. The Morgan fingerprint density at radius 1 is 0.313 bits per heavy atom. The largest absolute Gasteiger partial charge is 0.462 e. The Morgan fingerprint density at radius 3 is 0.910 bits per heavy atom. The summed E-state index contributed by atoms with van der Waals surface area (Å²) in [5.74, 6) is -0.862.